The van der Waals surface area contributed by atoms with Crippen LogP contribution < -0.4 is 0 Å². The lowest BCUT2D eigenvalue weighted by Crippen LogP contribution is -2.56. The van der Waals surface area contributed by atoms with E-state index in [1.54, 1.807) is 4.90 Å². The van der Waals surface area contributed by atoms with Gasteiger partial charge in [0.25, 0.3) is 5.91 Å². The molecule has 3 fully saturated rings. The Labute approximate surface area is 155 Å². The van der Waals surface area contributed by atoms with Crippen molar-refractivity contribution in [2.24, 2.45) is 17.8 Å². The van der Waals surface area contributed by atoms with E-state index in [-0.39, 0.29) is 30.3 Å². The predicted octanol–water partition coefficient (Wildman–Crippen LogP) is 3.11. The summed E-state index contributed by atoms with van der Waals surface area (Å²) in [5.41, 5.74) is 0.173. The highest BCUT2D eigenvalue weighted by molar-refractivity contribution is 9.10. The Morgan fingerprint density at radius 1 is 1.40 bits per heavy atom. The van der Waals surface area contributed by atoms with Crippen molar-refractivity contribution in [1.29, 1.82) is 0 Å². The molecule has 1 aromatic carbocycles. The number of carbonyl (C=O) groups is 2. The van der Waals surface area contributed by atoms with E-state index >= 15 is 0 Å². The summed E-state index contributed by atoms with van der Waals surface area (Å²) in [5, 5.41) is 0. The standard InChI is InChI=1S/C19H22BrNO4/c1-11(2)14-15(18(23)24-10-12-4-6-13(20)7-5-12)19-8-3-9-21(19)17(22)16(14)25-19/h4-7,11,14-16H,3,8-10H2,1-2H3/t14-,15+,16+,19-/m0/s1. The smallest absolute Gasteiger partial charge is 0.314 e. The van der Waals surface area contributed by atoms with Gasteiger partial charge in [0.15, 0.2) is 5.72 Å². The van der Waals surface area contributed by atoms with E-state index in [4.69, 9.17) is 9.47 Å². The Hall–Kier alpha value is -1.40. The third-order valence-electron chi connectivity index (χ3n) is 5.75. The van der Waals surface area contributed by atoms with Crippen LogP contribution in [0.5, 0.6) is 0 Å². The Morgan fingerprint density at radius 3 is 2.80 bits per heavy atom. The molecule has 4 atom stereocenters. The molecule has 3 saturated heterocycles. The molecule has 3 heterocycles. The number of rotatable bonds is 4. The van der Waals surface area contributed by atoms with E-state index < -0.39 is 17.7 Å². The Bertz CT molecular complexity index is 704. The molecule has 5 nitrogen and oxygen atoms in total. The zero-order valence-corrected chi connectivity index (χ0v) is 16.0. The molecule has 0 N–H and O–H groups in total. The fourth-order valence-electron chi connectivity index (χ4n) is 4.67. The first kappa shape index (κ1) is 17.0. The van der Waals surface area contributed by atoms with Gasteiger partial charge < -0.3 is 14.4 Å². The second-order valence-electron chi connectivity index (χ2n) is 7.51. The van der Waals surface area contributed by atoms with Crippen molar-refractivity contribution >= 4 is 27.8 Å². The van der Waals surface area contributed by atoms with Crippen LogP contribution in [0.2, 0.25) is 0 Å². The van der Waals surface area contributed by atoms with Crippen molar-refractivity contribution in [2.75, 3.05) is 6.54 Å². The number of fused-ring (bicyclic) bond motifs is 1. The number of amides is 1. The summed E-state index contributed by atoms with van der Waals surface area (Å²) in [6.07, 6.45) is 1.10. The number of nitrogens with zero attached hydrogens (tertiary/aromatic N) is 1. The Balaban J connectivity index is 1.55. The number of benzene rings is 1. The summed E-state index contributed by atoms with van der Waals surface area (Å²) in [6, 6.07) is 7.71. The minimum absolute atomic E-state index is 0.0492. The topological polar surface area (TPSA) is 55.8 Å². The maximum Gasteiger partial charge on any atom is 0.314 e. The fraction of sp³-hybridized carbons (Fsp3) is 0.579. The quantitative estimate of drug-likeness (QED) is 0.719. The van der Waals surface area contributed by atoms with Gasteiger partial charge in [-0.05, 0) is 36.5 Å². The molecule has 4 rings (SSSR count). The monoisotopic (exact) mass is 407 g/mol. The van der Waals surface area contributed by atoms with Crippen LogP contribution in [0.25, 0.3) is 0 Å². The number of piperidine rings is 1. The zero-order valence-electron chi connectivity index (χ0n) is 14.4. The van der Waals surface area contributed by atoms with E-state index in [9.17, 15) is 9.59 Å². The highest BCUT2D eigenvalue weighted by Crippen LogP contribution is 2.56. The molecule has 0 radical (unpaired) electrons. The number of hydrogen-bond donors (Lipinski definition) is 0. The fourth-order valence-corrected chi connectivity index (χ4v) is 4.94. The van der Waals surface area contributed by atoms with Gasteiger partial charge in [0.2, 0.25) is 0 Å². The molecule has 25 heavy (non-hydrogen) atoms. The highest BCUT2D eigenvalue weighted by atomic mass is 79.9. The van der Waals surface area contributed by atoms with E-state index in [0.29, 0.717) is 6.54 Å². The molecule has 0 unspecified atom stereocenters. The van der Waals surface area contributed by atoms with Gasteiger partial charge in [-0.1, -0.05) is 41.9 Å². The first-order valence-corrected chi connectivity index (χ1v) is 9.64. The second-order valence-corrected chi connectivity index (χ2v) is 8.43. The average Bonchev–Trinajstić information content (AvgIpc) is 3.22. The molecule has 1 spiro atoms. The molecule has 6 heteroatoms. The van der Waals surface area contributed by atoms with Crippen LogP contribution in [0.4, 0.5) is 0 Å². The van der Waals surface area contributed by atoms with Gasteiger partial charge in [-0.25, -0.2) is 0 Å². The van der Waals surface area contributed by atoms with E-state index in [2.05, 4.69) is 15.9 Å². The largest absolute Gasteiger partial charge is 0.460 e. The van der Waals surface area contributed by atoms with Crippen molar-refractivity contribution in [1.82, 2.24) is 4.90 Å². The molecule has 2 bridgehead atoms. The summed E-state index contributed by atoms with van der Waals surface area (Å²) in [5.74, 6) is -0.523. The summed E-state index contributed by atoms with van der Waals surface area (Å²) < 4.78 is 12.8. The van der Waals surface area contributed by atoms with E-state index in [1.165, 1.54) is 0 Å². The molecule has 3 aliphatic heterocycles. The molecular weight excluding hydrogens is 386 g/mol. The Kier molecular flexibility index (Phi) is 4.15. The van der Waals surface area contributed by atoms with Crippen LogP contribution in [-0.4, -0.2) is 35.2 Å². The summed E-state index contributed by atoms with van der Waals surface area (Å²) in [6.45, 7) is 5.01. The number of carbonyl (C=O) groups excluding carboxylic acids is 2. The number of esters is 1. The summed E-state index contributed by atoms with van der Waals surface area (Å²) in [4.78, 5) is 27.3. The number of hydrogen-bond acceptors (Lipinski definition) is 4. The molecule has 0 saturated carbocycles. The van der Waals surface area contributed by atoms with E-state index in [0.717, 1.165) is 22.9 Å². The van der Waals surface area contributed by atoms with Crippen molar-refractivity contribution in [3.05, 3.63) is 34.3 Å². The maximum absolute atomic E-state index is 13.0. The van der Waals surface area contributed by atoms with Gasteiger partial charge in [-0.3, -0.25) is 9.59 Å². The van der Waals surface area contributed by atoms with Crippen LogP contribution in [0, 0.1) is 17.8 Å². The zero-order chi connectivity index (χ0) is 17.8. The van der Waals surface area contributed by atoms with Crippen molar-refractivity contribution < 1.29 is 19.1 Å². The van der Waals surface area contributed by atoms with Crippen molar-refractivity contribution in [3.63, 3.8) is 0 Å². The van der Waals surface area contributed by atoms with Crippen LogP contribution in [0.15, 0.2) is 28.7 Å². The molecule has 0 aliphatic carbocycles. The van der Waals surface area contributed by atoms with Crippen molar-refractivity contribution in [2.45, 2.75) is 45.1 Å². The molecule has 1 amide bonds. The summed E-state index contributed by atoms with van der Waals surface area (Å²) >= 11 is 3.40. The third-order valence-corrected chi connectivity index (χ3v) is 6.28. The first-order valence-electron chi connectivity index (χ1n) is 8.84. The second kappa shape index (κ2) is 6.09. The van der Waals surface area contributed by atoms with Crippen molar-refractivity contribution in [3.8, 4) is 0 Å². The third kappa shape index (κ3) is 2.53. The highest BCUT2D eigenvalue weighted by Gasteiger charge is 2.71. The molecule has 0 aromatic heterocycles. The minimum Gasteiger partial charge on any atom is -0.460 e. The van der Waals surface area contributed by atoms with Gasteiger partial charge >= 0.3 is 5.97 Å². The van der Waals surface area contributed by atoms with Gasteiger partial charge in [0.1, 0.15) is 18.6 Å². The minimum atomic E-state index is -0.770. The van der Waals surface area contributed by atoms with Gasteiger partial charge in [-0.15, -0.1) is 0 Å². The maximum atomic E-state index is 13.0. The van der Waals surface area contributed by atoms with Crippen LogP contribution >= 0.6 is 15.9 Å². The van der Waals surface area contributed by atoms with Crippen LogP contribution in [-0.2, 0) is 25.7 Å². The van der Waals surface area contributed by atoms with Crippen LogP contribution in [0.1, 0.15) is 32.3 Å². The van der Waals surface area contributed by atoms with Gasteiger partial charge in [0, 0.05) is 16.9 Å². The first-order chi connectivity index (χ1) is 11.9. The van der Waals surface area contributed by atoms with E-state index in [1.807, 2.05) is 38.1 Å². The van der Waals surface area contributed by atoms with Gasteiger partial charge in [-0.2, -0.15) is 0 Å². The van der Waals surface area contributed by atoms with Gasteiger partial charge in [0.05, 0.1) is 0 Å². The Morgan fingerprint density at radius 2 is 2.12 bits per heavy atom. The predicted molar refractivity (Wildman–Crippen MR) is 94.3 cm³/mol. The molecule has 134 valence electrons. The summed E-state index contributed by atoms with van der Waals surface area (Å²) in [7, 11) is 0. The molecular formula is C19H22BrNO4. The van der Waals surface area contributed by atoms with Crippen LogP contribution in [0.3, 0.4) is 0 Å². The lowest BCUT2D eigenvalue weighted by atomic mass is 9.73. The lowest BCUT2D eigenvalue weighted by Gasteiger charge is -2.39. The average molecular weight is 408 g/mol. The number of ether oxygens (including phenoxy) is 2. The molecule has 3 aliphatic rings. The SMILES string of the molecule is CC(C)[C@@H]1[C@H]2O[C@@]3(CCCN3C2=O)[C@H]1C(=O)OCc1ccc(Br)cc1. The lowest BCUT2D eigenvalue weighted by molar-refractivity contribution is -0.167. The number of halogens is 1. The molecule has 1 aromatic rings. The normalized spacial score (nSPS) is 33.2.